The maximum absolute atomic E-state index is 4.98. The van der Waals surface area contributed by atoms with Gasteiger partial charge in [0.25, 0.3) is 0 Å². The summed E-state index contributed by atoms with van der Waals surface area (Å²) in [7, 11) is 0. The van der Waals surface area contributed by atoms with Crippen LogP contribution in [0.25, 0.3) is 10.9 Å². The average molecular weight is 281 g/mol. The predicted octanol–water partition coefficient (Wildman–Crippen LogP) is 3.33. The molecule has 0 radical (unpaired) electrons. The van der Waals surface area contributed by atoms with E-state index in [1.807, 2.05) is 0 Å². The van der Waals surface area contributed by atoms with E-state index >= 15 is 0 Å². The summed E-state index contributed by atoms with van der Waals surface area (Å²) in [6.45, 7) is 5.57. The number of aromatic nitrogens is 1. The zero-order valence-electron chi connectivity index (χ0n) is 12.7. The van der Waals surface area contributed by atoms with Crippen molar-refractivity contribution in [3.8, 4) is 0 Å². The quantitative estimate of drug-likeness (QED) is 0.931. The Morgan fingerprint density at radius 3 is 2.86 bits per heavy atom. The number of anilines is 1. The van der Waals surface area contributed by atoms with Crippen molar-refractivity contribution < 1.29 is 0 Å². The lowest BCUT2D eigenvalue weighted by atomic mass is 10.1. The topological polar surface area (TPSA) is 28.2 Å². The molecule has 4 rings (SSSR count). The van der Waals surface area contributed by atoms with Gasteiger partial charge in [0.15, 0.2) is 0 Å². The number of para-hydroxylation sites is 1. The van der Waals surface area contributed by atoms with E-state index in [1.165, 1.54) is 36.0 Å². The molecule has 0 bridgehead atoms. The standard InChI is InChI=1S/C18H23N3/c1-13-8-9-21(12-13)18-15(11-19-16-6-7-16)10-14-4-2-3-5-17(14)20-18/h2-5,10,13,16,19H,6-9,11-12H2,1H3. The number of hydrogen-bond donors (Lipinski definition) is 1. The van der Waals surface area contributed by atoms with Crippen LogP contribution < -0.4 is 10.2 Å². The molecule has 21 heavy (non-hydrogen) atoms. The van der Waals surface area contributed by atoms with Crippen LogP contribution in [0.5, 0.6) is 0 Å². The summed E-state index contributed by atoms with van der Waals surface area (Å²) >= 11 is 0. The smallest absolute Gasteiger partial charge is 0.133 e. The second-order valence-electron chi connectivity index (χ2n) is 6.66. The molecular weight excluding hydrogens is 258 g/mol. The Hall–Kier alpha value is -1.61. The van der Waals surface area contributed by atoms with Crippen molar-refractivity contribution in [3.63, 3.8) is 0 Å². The highest BCUT2D eigenvalue weighted by Crippen LogP contribution is 2.29. The Labute approximate surface area is 126 Å². The van der Waals surface area contributed by atoms with Crippen molar-refractivity contribution in [2.75, 3.05) is 18.0 Å². The first-order valence-electron chi connectivity index (χ1n) is 8.16. The zero-order chi connectivity index (χ0) is 14.2. The van der Waals surface area contributed by atoms with Crippen molar-refractivity contribution in [2.45, 2.75) is 38.8 Å². The maximum Gasteiger partial charge on any atom is 0.133 e. The molecule has 1 saturated carbocycles. The third kappa shape index (κ3) is 2.75. The fourth-order valence-corrected chi connectivity index (χ4v) is 3.22. The molecule has 0 spiro atoms. The van der Waals surface area contributed by atoms with Gasteiger partial charge in [0.05, 0.1) is 5.52 Å². The van der Waals surface area contributed by atoms with Gasteiger partial charge in [0.1, 0.15) is 5.82 Å². The third-order valence-corrected chi connectivity index (χ3v) is 4.66. The van der Waals surface area contributed by atoms with Crippen molar-refractivity contribution in [2.24, 2.45) is 5.92 Å². The fraction of sp³-hybridized carbons (Fsp3) is 0.500. The number of benzene rings is 1. The number of hydrogen-bond acceptors (Lipinski definition) is 3. The summed E-state index contributed by atoms with van der Waals surface area (Å²) in [5.41, 5.74) is 2.47. The summed E-state index contributed by atoms with van der Waals surface area (Å²) in [5, 5.41) is 4.90. The van der Waals surface area contributed by atoms with Crippen LogP contribution in [0.2, 0.25) is 0 Å². The highest BCUT2D eigenvalue weighted by atomic mass is 15.2. The molecule has 0 amide bonds. The molecule has 1 unspecified atom stereocenters. The summed E-state index contributed by atoms with van der Waals surface area (Å²) in [5.74, 6) is 1.98. The van der Waals surface area contributed by atoms with Gasteiger partial charge in [0.2, 0.25) is 0 Å². The fourth-order valence-electron chi connectivity index (χ4n) is 3.22. The van der Waals surface area contributed by atoms with Crippen LogP contribution in [-0.2, 0) is 6.54 Å². The largest absolute Gasteiger partial charge is 0.356 e. The Kier molecular flexibility index (Phi) is 3.30. The maximum atomic E-state index is 4.98. The molecule has 2 aromatic rings. The van der Waals surface area contributed by atoms with Crippen molar-refractivity contribution in [1.82, 2.24) is 10.3 Å². The minimum atomic E-state index is 0.738. The first-order valence-corrected chi connectivity index (χ1v) is 8.16. The van der Waals surface area contributed by atoms with E-state index in [0.29, 0.717) is 0 Å². The summed E-state index contributed by atoms with van der Waals surface area (Å²) in [6, 6.07) is 11.5. The van der Waals surface area contributed by atoms with Gasteiger partial charge in [-0.2, -0.15) is 0 Å². The van der Waals surface area contributed by atoms with E-state index < -0.39 is 0 Å². The predicted molar refractivity (Wildman–Crippen MR) is 87.6 cm³/mol. The molecule has 1 aromatic heterocycles. The van der Waals surface area contributed by atoms with E-state index in [9.17, 15) is 0 Å². The lowest BCUT2D eigenvalue weighted by Gasteiger charge is -2.21. The van der Waals surface area contributed by atoms with Crippen LogP contribution in [0, 0.1) is 5.92 Å². The molecular formula is C18H23N3. The molecule has 2 fully saturated rings. The van der Waals surface area contributed by atoms with Gasteiger partial charge in [-0.3, -0.25) is 0 Å². The van der Waals surface area contributed by atoms with Crippen LogP contribution in [0.3, 0.4) is 0 Å². The molecule has 3 nitrogen and oxygen atoms in total. The zero-order valence-corrected chi connectivity index (χ0v) is 12.7. The SMILES string of the molecule is CC1CCN(c2nc3ccccc3cc2CNC2CC2)C1. The van der Waals surface area contributed by atoms with Gasteiger partial charge >= 0.3 is 0 Å². The van der Waals surface area contributed by atoms with Gasteiger partial charge in [-0.05, 0) is 37.3 Å². The number of nitrogens with zero attached hydrogens (tertiary/aromatic N) is 2. The van der Waals surface area contributed by atoms with Crippen LogP contribution in [0.4, 0.5) is 5.82 Å². The van der Waals surface area contributed by atoms with Gasteiger partial charge < -0.3 is 10.2 Å². The third-order valence-electron chi connectivity index (χ3n) is 4.66. The Bertz CT molecular complexity index is 648. The Morgan fingerprint density at radius 2 is 2.10 bits per heavy atom. The monoisotopic (exact) mass is 281 g/mol. The summed E-state index contributed by atoms with van der Waals surface area (Å²) in [4.78, 5) is 7.45. The van der Waals surface area contributed by atoms with E-state index in [2.05, 4.69) is 47.5 Å². The van der Waals surface area contributed by atoms with Crippen LogP contribution in [0.1, 0.15) is 31.7 Å². The molecule has 1 N–H and O–H groups in total. The number of nitrogens with one attached hydrogen (secondary N) is 1. The van der Waals surface area contributed by atoms with Crippen molar-refractivity contribution in [1.29, 1.82) is 0 Å². The number of pyridine rings is 1. The molecule has 1 aliphatic heterocycles. The molecule has 1 aromatic carbocycles. The molecule has 2 aliphatic rings. The van der Waals surface area contributed by atoms with Crippen molar-refractivity contribution in [3.05, 3.63) is 35.9 Å². The number of fused-ring (bicyclic) bond motifs is 1. The Balaban J connectivity index is 1.71. The van der Waals surface area contributed by atoms with E-state index in [4.69, 9.17) is 4.98 Å². The molecule has 1 saturated heterocycles. The van der Waals surface area contributed by atoms with Crippen LogP contribution in [0.15, 0.2) is 30.3 Å². The summed E-state index contributed by atoms with van der Waals surface area (Å²) < 4.78 is 0. The van der Waals surface area contributed by atoms with Crippen LogP contribution >= 0.6 is 0 Å². The highest BCUT2D eigenvalue weighted by molar-refractivity contribution is 5.81. The highest BCUT2D eigenvalue weighted by Gasteiger charge is 2.24. The lowest BCUT2D eigenvalue weighted by Crippen LogP contribution is -2.24. The minimum absolute atomic E-state index is 0.738. The first-order chi connectivity index (χ1) is 10.3. The van der Waals surface area contributed by atoms with Gasteiger partial charge in [-0.25, -0.2) is 4.98 Å². The van der Waals surface area contributed by atoms with Gasteiger partial charge in [-0.1, -0.05) is 25.1 Å². The van der Waals surface area contributed by atoms with Crippen molar-refractivity contribution >= 4 is 16.7 Å². The normalized spacial score (nSPS) is 22.1. The molecule has 110 valence electrons. The number of rotatable bonds is 4. The molecule has 3 heteroatoms. The van der Waals surface area contributed by atoms with E-state index in [1.54, 1.807) is 0 Å². The van der Waals surface area contributed by atoms with Gasteiger partial charge in [0, 0.05) is 36.6 Å². The molecule has 2 heterocycles. The molecule has 1 atom stereocenters. The van der Waals surface area contributed by atoms with Crippen LogP contribution in [-0.4, -0.2) is 24.1 Å². The average Bonchev–Trinajstić information content (AvgIpc) is 3.24. The second-order valence-corrected chi connectivity index (χ2v) is 6.66. The Morgan fingerprint density at radius 1 is 1.24 bits per heavy atom. The second kappa shape index (κ2) is 5.30. The van der Waals surface area contributed by atoms with Gasteiger partial charge in [-0.15, -0.1) is 0 Å². The van der Waals surface area contributed by atoms with E-state index in [-0.39, 0.29) is 0 Å². The minimum Gasteiger partial charge on any atom is -0.356 e. The molecule has 1 aliphatic carbocycles. The summed E-state index contributed by atoms with van der Waals surface area (Å²) in [6.07, 6.45) is 3.94. The van der Waals surface area contributed by atoms with E-state index in [0.717, 1.165) is 37.1 Å². The first kappa shape index (κ1) is 13.1. The lowest BCUT2D eigenvalue weighted by molar-refractivity contribution is 0.657.